The number of anilines is 1. The second-order valence-corrected chi connectivity index (χ2v) is 7.07. The predicted octanol–water partition coefficient (Wildman–Crippen LogP) is 1.27. The Hall–Kier alpha value is -2.32. The van der Waals surface area contributed by atoms with Gasteiger partial charge in [0, 0.05) is 39.8 Å². The SMILES string of the molecule is Cc1nc2cc3c(NCCCN4CCN(C)CC4)ncnc3nc2n1C. The number of fused-ring (bicyclic) bond motifs is 2. The van der Waals surface area contributed by atoms with Crippen molar-refractivity contribution in [1.29, 1.82) is 0 Å². The number of nitrogens with zero attached hydrogens (tertiary/aromatic N) is 7. The van der Waals surface area contributed by atoms with Crippen molar-refractivity contribution in [2.45, 2.75) is 13.3 Å². The van der Waals surface area contributed by atoms with Gasteiger partial charge in [-0.05, 0) is 33.0 Å². The molecule has 0 unspecified atom stereocenters. The van der Waals surface area contributed by atoms with Crippen LogP contribution in [0.2, 0.25) is 0 Å². The van der Waals surface area contributed by atoms with Gasteiger partial charge in [0.25, 0.3) is 0 Å². The monoisotopic (exact) mass is 354 g/mol. The van der Waals surface area contributed by atoms with Gasteiger partial charge in [0.15, 0.2) is 11.3 Å². The van der Waals surface area contributed by atoms with Crippen molar-refractivity contribution in [3.63, 3.8) is 0 Å². The summed E-state index contributed by atoms with van der Waals surface area (Å²) in [6, 6.07) is 2.04. The average molecular weight is 354 g/mol. The van der Waals surface area contributed by atoms with Crippen molar-refractivity contribution >= 4 is 28.0 Å². The largest absolute Gasteiger partial charge is 0.369 e. The second kappa shape index (κ2) is 7.13. The van der Waals surface area contributed by atoms with E-state index in [1.165, 1.54) is 0 Å². The van der Waals surface area contributed by atoms with Gasteiger partial charge in [-0.3, -0.25) is 0 Å². The van der Waals surface area contributed by atoms with Gasteiger partial charge < -0.3 is 19.7 Å². The third kappa shape index (κ3) is 3.34. The van der Waals surface area contributed by atoms with E-state index < -0.39 is 0 Å². The lowest BCUT2D eigenvalue weighted by Gasteiger charge is -2.32. The molecule has 4 heterocycles. The normalized spacial score (nSPS) is 16.6. The van der Waals surface area contributed by atoms with Crippen LogP contribution in [-0.4, -0.2) is 80.6 Å². The van der Waals surface area contributed by atoms with Crippen LogP contribution in [0.1, 0.15) is 12.2 Å². The zero-order chi connectivity index (χ0) is 18.1. The van der Waals surface area contributed by atoms with Crippen LogP contribution in [0.3, 0.4) is 0 Å². The molecule has 0 spiro atoms. The zero-order valence-corrected chi connectivity index (χ0v) is 15.7. The van der Waals surface area contributed by atoms with Crippen molar-refractivity contribution < 1.29 is 0 Å². The maximum atomic E-state index is 4.66. The Morgan fingerprint density at radius 2 is 1.88 bits per heavy atom. The Balaban J connectivity index is 1.44. The predicted molar refractivity (Wildman–Crippen MR) is 103 cm³/mol. The Labute approximate surface area is 153 Å². The van der Waals surface area contributed by atoms with Crippen molar-refractivity contribution in [2.24, 2.45) is 7.05 Å². The number of rotatable bonds is 5. The number of aryl methyl sites for hydroxylation is 2. The number of hydrogen-bond donors (Lipinski definition) is 1. The molecule has 26 heavy (non-hydrogen) atoms. The van der Waals surface area contributed by atoms with E-state index in [2.05, 4.69) is 42.1 Å². The summed E-state index contributed by atoms with van der Waals surface area (Å²) in [7, 11) is 4.16. The topological polar surface area (TPSA) is 75.0 Å². The Bertz CT molecular complexity index is 910. The van der Waals surface area contributed by atoms with E-state index in [0.29, 0.717) is 5.65 Å². The zero-order valence-electron chi connectivity index (χ0n) is 15.7. The summed E-state index contributed by atoms with van der Waals surface area (Å²) < 4.78 is 1.99. The van der Waals surface area contributed by atoms with E-state index in [9.17, 15) is 0 Å². The van der Waals surface area contributed by atoms with Gasteiger partial charge >= 0.3 is 0 Å². The standard InChI is InChI=1S/C18H26N8/c1-13-22-15-11-14-16(20-12-21-17(14)23-18(15)25(13)3)19-5-4-6-26-9-7-24(2)8-10-26/h11-12H,4-10H2,1-3H3,(H,19,20,21,23). The summed E-state index contributed by atoms with van der Waals surface area (Å²) in [6.07, 6.45) is 2.67. The van der Waals surface area contributed by atoms with Crippen LogP contribution < -0.4 is 5.32 Å². The summed E-state index contributed by atoms with van der Waals surface area (Å²) in [5.41, 5.74) is 2.44. The highest BCUT2D eigenvalue weighted by molar-refractivity contribution is 5.94. The first kappa shape index (κ1) is 17.1. The molecule has 0 atom stereocenters. The third-order valence-corrected chi connectivity index (χ3v) is 5.21. The van der Waals surface area contributed by atoms with Crippen LogP contribution in [0.5, 0.6) is 0 Å². The molecule has 138 valence electrons. The van der Waals surface area contributed by atoms with Crippen LogP contribution in [0.15, 0.2) is 12.4 Å². The fourth-order valence-corrected chi connectivity index (χ4v) is 3.42. The third-order valence-electron chi connectivity index (χ3n) is 5.21. The number of likely N-dealkylation sites (N-methyl/N-ethyl adjacent to an activating group) is 1. The van der Waals surface area contributed by atoms with E-state index in [0.717, 1.165) is 73.9 Å². The maximum Gasteiger partial charge on any atom is 0.167 e. The fourth-order valence-electron chi connectivity index (χ4n) is 3.42. The quantitative estimate of drug-likeness (QED) is 0.692. The smallest absolute Gasteiger partial charge is 0.167 e. The first-order chi connectivity index (χ1) is 12.6. The van der Waals surface area contributed by atoms with E-state index in [1.54, 1.807) is 6.33 Å². The van der Waals surface area contributed by atoms with Crippen molar-refractivity contribution in [1.82, 2.24) is 34.3 Å². The van der Waals surface area contributed by atoms with Gasteiger partial charge in [-0.25, -0.2) is 19.9 Å². The molecule has 3 aromatic rings. The molecule has 1 aliphatic rings. The molecule has 1 saturated heterocycles. The maximum absolute atomic E-state index is 4.66. The van der Waals surface area contributed by atoms with Crippen LogP contribution in [0.25, 0.3) is 22.2 Å². The summed E-state index contributed by atoms with van der Waals surface area (Å²) in [5, 5.41) is 4.39. The molecule has 0 amide bonds. The highest BCUT2D eigenvalue weighted by Gasteiger charge is 2.14. The van der Waals surface area contributed by atoms with Gasteiger partial charge in [-0.2, -0.15) is 0 Å². The van der Waals surface area contributed by atoms with E-state index in [4.69, 9.17) is 0 Å². The second-order valence-electron chi connectivity index (χ2n) is 7.07. The molecule has 1 fully saturated rings. The summed E-state index contributed by atoms with van der Waals surface area (Å²) in [5.74, 6) is 1.78. The van der Waals surface area contributed by atoms with Gasteiger partial charge in [-0.15, -0.1) is 0 Å². The minimum absolute atomic E-state index is 0.706. The Morgan fingerprint density at radius 3 is 2.69 bits per heavy atom. The minimum atomic E-state index is 0.706. The van der Waals surface area contributed by atoms with Crippen LogP contribution in [0, 0.1) is 6.92 Å². The number of pyridine rings is 1. The van der Waals surface area contributed by atoms with Gasteiger partial charge in [0.05, 0.1) is 5.39 Å². The first-order valence-electron chi connectivity index (χ1n) is 9.21. The molecule has 0 aliphatic carbocycles. The van der Waals surface area contributed by atoms with E-state index in [-0.39, 0.29) is 0 Å². The van der Waals surface area contributed by atoms with Crippen LogP contribution >= 0.6 is 0 Å². The number of nitrogens with one attached hydrogen (secondary N) is 1. The molecule has 8 heteroatoms. The first-order valence-corrected chi connectivity index (χ1v) is 9.21. The highest BCUT2D eigenvalue weighted by atomic mass is 15.2. The molecule has 8 nitrogen and oxygen atoms in total. The lowest BCUT2D eigenvalue weighted by Crippen LogP contribution is -2.44. The molecule has 4 rings (SSSR count). The molecule has 0 radical (unpaired) electrons. The summed E-state index contributed by atoms with van der Waals surface area (Å²) in [6.45, 7) is 8.63. The number of piperazine rings is 1. The molecule has 0 bridgehead atoms. The van der Waals surface area contributed by atoms with E-state index in [1.807, 2.05) is 24.6 Å². The van der Waals surface area contributed by atoms with Crippen LogP contribution in [0.4, 0.5) is 5.82 Å². The molecule has 1 N–H and O–H groups in total. The summed E-state index contributed by atoms with van der Waals surface area (Å²) in [4.78, 5) is 22.9. The van der Waals surface area contributed by atoms with Crippen molar-refractivity contribution in [3.05, 3.63) is 18.2 Å². The molecule has 3 aromatic heterocycles. The Morgan fingerprint density at radius 1 is 1.08 bits per heavy atom. The van der Waals surface area contributed by atoms with Crippen LogP contribution in [-0.2, 0) is 7.05 Å². The Kier molecular flexibility index (Phi) is 4.69. The molecular formula is C18H26N8. The van der Waals surface area contributed by atoms with E-state index >= 15 is 0 Å². The number of aromatic nitrogens is 5. The van der Waals surface area contributed by atoms with Gasteiger partial charge in [0.1, 0.15) is 23.5 Å². The molecule has 0 aromatic carbocycles. The lowest BCUT2D eigenvalue weighted by atomic mass is 10.2. The average Bonchev–Trinajstić information content (AvgIpc) is 2.92. The van der Waals surface area contributed by atoms with Crippen molar-refractivity contribution in [3.8, 4) is 0 Å². The summed E-state index contributed by atoms with van der Waals surface area (Å²) >= 11 is 0. The number of imidazole rings is 1. The minimum Gasteiger partial charge on any atom is -0.369 e. The van der Waals surface area contributed by atoms with Gasteiger partial charge in [0.2, 0.25) is 0 Å². The molecular weight excluding hydrogens is 328 g/mol. The molecule has 1 aliphatic heterocycles. The molecule has 0 saturated carbocycles. The van der Waals surface area contributed by atoms with Crippen molar-refractivity contribution in [2.75, 3.05) is 51.6 Å². The number of hydrogen-bond acceptors (Lipinski definition) is 7. The lowest BCUT2D eigenvalue weighted by molar-refractivity contribution is 0.154. The fraction of sp³-hybridized carbons (Fsp3) is 0.556. The van der Waals surface area contributed by atoms with Gasteiger partial charge in [-0.1, -0.05) is 0 Å². The highest BCUT2D eigenvalue weighted by Crippen LogP contribution is 2.23.